The Kier molecular flexibility index (Phi) is 9.37. The van der Waals surface area contributed by atoms with Crippen molar-refractivity contribution in [3.63, 3.8) is 0 Å². The summed E-state index contributed by atoms with van der Waals surface area (Å²) in [6.07, 6.45) is 6.85. The molecular formula is C30H57NO4Si. The van der Waals surface area contributed by atoms with Crippen LogP contribution in [-0.2, 0) is 9.16 Å². The third-order valence-electron chi connectivity index (χ3n) is 10.0. The molecule has 0 bridgehead atoms. The van der Waals surface area contributed by atoms with Crippen LogP contribution in [0.25, 0.3) is 0 Å². The van der Waals surface area contributed by atoms with Gasteiger partial charge in [0.05, 0.1) is 12.2 Å². The molecule has 2 saturated carbocycles. The molecule has 0 aromatic carbocycles. The van der Waals surface area contributed by atoms with E-state index in [1.165, 1.54) is 6.42 Å². The highest BCUT2D eigenvalue weighted by atomic mass is 28.4. The van der Waals surface area contributed by atoms with E-state index in [1.54, 1.807) is 0 Å². The summed E-state index contributed by atoms with van der Waals surface area (Å²) in [4.78, 5) is 14.9. The number of nitrogens with zero attached hydrogens (tertiary/aromatic N) is 1. The first-order valence-corrected chi connectivity index (χ1v) is 17.1. The van der Waals surface area contributed by atoms with Crippen molar-refractivity contribution in [3.8, 4) is 0 Å². The van der Waals surface area contributed by atoms with Crippen LogP contribution < -0.4 is 0 Å². The number of hydrogen-bond acceptors (Lipinski definition) is 4. The van der Waals surface area contributed by atoms with Crippen LogP contribution in [0.15, 0.2) is 0 Å². The second-order valence-electron chi connectivity index (χ2n) is 14.4. The van der Waals surface area contributed by atoms with E-state index < -0.39 is 13.9 Å². The second kappa shape index (κ2) is 11.3. The van der Waals surface area contributed by atoms with Crippen molar-refractivity contribution in [3.05, 3.63) is 0 Å². The van der Waals surface area contributed by atoms with Gasteiger partial charge in [-0.15, -0.1) is 0 Å². The molecule has 1 heterocycles. The Balaban J connectivity index is 1.96. The summed E-state index contributed by atoms with van der Waals surface area (Å²) >= 11 is 0. The highest BCUT2D eigenvalue weighted by Crippen LogP contribution is 2.63. The van der Waals surface area contributed by atoms with Crippen molar-refractivity contribution in [2.75, 3.05) is 13.1 Å². The third-order valence-corrected chi connectivity index (χ3v) is 16.1. The quantitative estimate of drug-likeness (QED) is 0.374. The molecule has 36 heavy (non-hydrogen) atoms. The van der Waals surface area contributed by atoms with Crippen LogP contribution in [0.3, 0.4) is 0 Å². The summed E-state index contributed by atoms with van der Waals surface area (Å²) < 4.78 is 13.4. The zero-order valence-electron chi connectivity index (χ0n) is 25.1. The predicted octanol–water partition coefficient (Wildman–Crippen LogP) is 7.77. The van der Waals surface area contributed by atoms with Gasteiger partial charge in [-0.3, -0.25) is 0 Å². The lowest BCUT2D eigenvalue weighted by molar-refractivity contribution is -0.0907. The third kappa shape index (κ3) is 5.71. The first-order valence-electron chi connectivity index (χ1n) is 15.0. The van der Waals surface area contributed by atoms with Crippen molar-refractivity contribution >= 4 is 14.4 Å². The number of carbonyl (C=O) groups is 1. The summed E-state index contributed by atoms with van der Waals surface area (Å²) in [5.74, 6) is 1.40. The fraction of sp³-hybridized carbons (Fsp3) is 0.967. The molecule has 0 aromatic heterocycles. The Morgan fingerprint density at radius 1 is 0.972 bits per heavy atom. The van der Waals surface area contributed by atoms with Gasteiger partial charge >= 0.3 is 6.09 Å². The fourth-order valence-corrected chi connectivity index (χ4v) is 14.5. The number of ether oxygens (including phenoxy) is 1. The van der Waals surface area contributed by atoms with Gasteiger partial charge in [-0.2, -0.15) is 0 Å². The average Bonchev–Trinajstić information content (AvgIpc) is 3.04. The Hall–Kier alpha value is -0.593. The summed E-state index contributed by atoms with van der Waals surface area (Å²) in [5, 5.41) is 11.5. The molecule has 3 rings (SSSR count). The lowest BCUT2D eigenvalue weighted by atomic mass is 9.57. The zero-order chi connectivity index (χ0) is 27.1. The monoisotopic (exact) mass is 523 g/mol. The topological polar surface area (TPSA) is 59.0 Å². The van der Waals surface area contributed by atoms with Gasteiger partial charge in [-0.05, 0) is 100 Å². The Morgan fingerprint density at radius 2 is 1.56 bits per heavy atom. The van der Waals surface area contributed by atoms with Crippen LogP contribution >= 0.6 is 0 Å². The highest BCUT2D eigenvalue weighted by Gasteiger charge is 2.62. The minimum atomic E-state index is -2.07. The number of hydrogen-bond donors (Lipinski definition) is 1. The van der Waals surface area contributed by atoms with E-state index in [1.807, 2.05) is 25.7 Å². The molecule has 0 unspecified atom stereocenters. The summed E-state index contributed by atoms with van der Waals surface area (Å²) in [7, 11) is -2.07. The highest BCUT2D eigenvalue weighted by molar-refractivity contribution is 6.77. The van der Waals surface area contributed by atoms with E-state index in [2.05, 4.69) is 48.5 Å². The maximum Gasteiger partial charge on any atom is 0.410 e. The Labute approximate surface area is 223 Å². The van der Waals surface area contributed by atoms with Crippen molar-refractivity contribution in [1.82, 2.24) is 4.90 Å². The van der Waals surface area contributed by atoms with Crippen LogP contribution in [0.2, 0.25) is 16.6 Å². The zero-order valence-corrected chi connectivity index (χ0v) is 26.1. The lowest BCUT2D eigenvalue weighted by Crippen LogP contribution is -2.58. The van der Waals surface area contributed by atoms with E-state index in [0.717, 1.165) is 45.1 Å². The smallest absolute Gasteiger partial charge is 0.410 e. The van der Waals surface area contributed by atoms with Gasteiger partial charge in [0, 0.05) is 18.5 Å². The van der Waals surface area contributed by atoms with Gasteiger partial charge in [-0.25, -0.2) is 4.79 Å². The van der Waals surface area contributed by atoms with E-state index in [4.69, 9.17) is 9.16 Å². The van der Waals surface area contributed by atoms with E-state index in [9.17, 15) is 9.90 Å². The summed E-state index contributed by atoms with van der Waals surface area (Å²) in [5.41, 5.74) is 1.19. The van der Waals surface area contributed by atoms with E-state index in [0.29, 0.717) is 35.0 Å². The molecule has 3 fully saturated rings. The molecule has 1 spiro atoms. The molecule has 1 N–H and O–H groups in total. The van der Waals surface area contributed by atoms with Gasteiger partial charge < -0.3 is 19.2 Å². The van der Waals surface area contributed by atoms with Crippen molar-refractivity contribution < 1.29 is 19.1 Å². The fourth-order valence-electron chi connectivity index (χ4n) is 8.84. The molecule has 0 radical (unpaired) electrons. The number of aliphatic hydroxyl groups is 1. The minimum absolute atomic E-state index is 0.0206. The van der Waals surface area contributed by atoms with Gasteiger partial charge in [0.15, 0.2) is 0 Å². The lowest BCUT2D eigenvalue weighted by Gasteiger charge is -2.56. The molecule has 1 amide bonds. The van der Waals surface area contributed by atoms with Gasteiger partial charge in [0.25, 0.3) is 0 Å². The first-order chi connectivity index (χ1) is 16.6. The second-order valence-corrected chi connectivity index (χ2v) is 19.8. The number of amides is 1. The molecular weight excluding hydrogens is 466 g/mol. The van der Waals surface area contributed by atoms with Crippen molar-refractivity contribution in [1.29, 1.82) is 0 Å². The SMILES string of the molecule is CC(C)[Si](O[C@H]1C[C@H](C)C[C@@H]2C[C@@H](O)[C@@H]3CCCN(C(=O)OC(C)(C)C)CCC[C@@]213)(C(C)C)C(C)C. The Morgan fingerprint density at radius 3 is 2.11 bits per heavy atom. The molecule has 6 heteroatoms. The van der Waals surface area contributed by atoms with E-state index >= 15 is 0 Å². The van der Waals surface area contributed by atoms with Crippen LogP contribution in [0.1, 0.15) is 114 Å². The molecule has 1 aliphatic heterocycles. The first kappa shape index (κ1) is 30.0. The van der Waals surface area contributed by atoms with Crippen molar-refractivity contribution in [2.24, 2.45) is 23.2 Å². The molecule has 3 aliphatic rings. The van der Waals surface area contributed by atoms with E-state index in [-0.39, 0.29) is 29.6 Å². The molecule has 0 aromatic rings. The largest absolute Gasteiger partial charge is 0.444 e. The maximum absolute atomic E-state index is 12.9. The standard InChI is InChI=1S/C30H57NO4Si/c1-20(2)36(21(3)4,22(5)6)35-27-18-23(7)17-24-19-26(32)25-13-11-15-31(16-12-14-30(24,25)27)28(33)34-29(8,9)10/h20-27,32H,11-19H2,1-10H3/t23-,24-,25+,26-,27+,30+/m1/s1. The van der Waals surface area contributed by atoms with Crippen molar-refractivity contribution in [2.45, 2.75) is 149 Å². The number of rotatable bonds is 5. The normalized spacial score (nSPS) is 34.3. The molecule has 1 saturated heterocycles. The van der Waals surface area contributed by atoms with Crippen LogP contribution in [0, 0.1) is 23.2 Å². The van der Waals surface area contributed by atoms with Gasteiger partial charge in [-0.1, -0.05) is 48.5 Å². The Bertz CT molecular complexity index is 726. The summed E-state index contributed by atoms with van der Waals surface area (Å²) in [6, 6.07) is 0. The predicted molar refractivity (Wildman–Crippen MR) is 151 cm³/mol. The average molecular weight is 524 g/mol. The molecule has 5 nitrogen and oxygen atoms in total. The molecule has 6 atom stereocenters. The number of carbonyl (C=O) groups excluding carboxylic acids is 1. The number of aliphatic hydroxyl groups excluding tert-OH is 1. The molecule has 210 valence electrons. The minimum Gasteiger partial charge on any atom is -0.444 e. The maximum atomic E-state index is 12.9. The van der Waals surface area contributed by atoms with Gasteiger partial charge in [0.2, 0.25) is 8.32 Å². The summed E-state index contributed by atoms with van der Waals surface area (Å²) in [6.45, 7) is 24.0. The van der Waals surface area contributed by atoms with Crippen LogP contribution in [0.5, 0.6) is 0 Å². The van der Waals surface area contributed by atoms with Gasteiger partial charge in [0.1, 0.15) is 5.60 Å². The molecule has 2 aliphatic carbocycles. The van der Waals surface area contributed by atoms with Crippen LogP contribution in [0.4, 0.5) is 4.79 Å². The van der Waals surface area contributed by atoms with Crippen LogP contribution in [-0.4, -0.2) is 55.3 Å².